The average molecular weight is 582 g/mol. The Labute approximate surface area is 241 Å². The zero-order valence-corrected chi connectivity index (χ0v) is 23.5. The lowest BCUT2D eigenvalue weighted by Crippen LogP contribution is -2.36. The second-order valence-corrected chi connectivity index (χ2v) is 12.6. The number of rotatable bonds is 5. The van der Waals surface area contributed by atoms with Gasteiger partial charge in [0, 0.05) is 41.2 Å². The number of nitrogens with two attached hydrogens (primary N) is 1. The molecule has 5 aromatic rings. The molecule has 0 aliphatic carbocycles. The van der Waals surface area contributed by atoms with Gasteiger partial charge >= 0.3 is 0 Å². The van der Waals surface area contributed by atoms with E-state index in [1.807, 2.05) is 42.5 Å². The Morgan fingerprint density at radius 2 is 1.90 bits per heavy atom. The number of fused-ring (bicyclic) bond motifs is 3. The maximum absolute atomic E-state index is 13.3. The van der Waals surface area contributed by atoms with E-state index in [0.29, 0.717) is 37.0 Å². The molecular formula is C29H27N9O3S. The fraction of sp³-hybridized carbons (Fsp3) is 0.241. The van der Waals surface area contributed by atoms with Crippen LogP contribution in [0.4, 0.5) is 5.82 Å². The summed E-state index contributed by atoms with van der Waals surface area (Å²) in [6, 6.07) is 13.5. The van der Waals surface area contributed by atoms with Crippen molar-refractivity contribution >= 4 is 27.2 Å². The van der Waals surface area contributed by atoms with Crippen LogP contribution in [-0.4, -0.2) is 66.3 Å². The highest BCUT2D eigenvalue weighted by molar-refractivity contribution is 7.91. The van der Waals surface area contributed by atoms with E-state index in [1.165, 1.54) is 10.8 Å². The number of sulfone groups is 1. The Morgan fingerprint density at radius 3 is 2.62 bits per heavy atom. The highest BCUT2D eigenvalue weighted by atomic mass is 32.2. The summed E-state index contributed by atoms with van der Waals surface area (Å²) in [5.41, 5.74) is 11.7. The van der Waals surface area contributed by atoms with E-state index in [1.54, 1.807) is 17.3 Å². The Kier molecular flexibility index (Phi) is 6.12. The molecule has 1 fully saturated rings. The molecule has 1 amide bonds. The SMILES string of the molecule is CS(=O)(=O)c1c([C@H]2CCC3=CCC(C2)N3C(=O)c2ncn[nH]2)nc2c(-c3ccc(-c4ccccn4)cc3)cnn2c1N. The Morgan fingerprint density at radius 1 is 1.10 bits per heavy atom. The number of nitrogens with zero attached hydrogens (tertiary/aromatic N) is 7. The van der Waals surface area contributed by atoms with Gasteiger partial charge in [-0.25, -0.2) is 18.4 Å². The molecule has 2 aliphatic heterocycles. The van der Waals surface area contributed by atoms with Gasteiger partial charge in [-0.3, -0.25) is 14.9 Å². The van der Waals surface area contributed by atoms with Crippen LogP contribution in [0.1, 0.15) is 47.9 Å². The fourth-order valence-corrected chi connectivity index (χ4v) is 7.16. The van der Waals surface area contributed by atoms with Crippen molar-refractivity contribution in [2.24, 2.45) is 0 Å². The van der Waals surface area contributed by atoms with Gasteiger partial charge in [-0.1, -0.05) is 36.4 Å². The summed E-state index contributed by atoms with van der Waals surface area (Å²) in [7, 11) is -3.76. The third-order valence-corrected chi connectivity index (χ3v) is 9.18. The van der Waals surface area contributed by atoms with Crippen molar-refractivity contribution in [1.29, 1.82) is 0 Å². The molecule has 2 bridgehead atoms. The minimum Gasteiger partial charge on any atom is -0.382 e. The second kappa shape index (κ2) is 9.87. The summed E-state index contributed by atoms with van der Waals surface area (Å²) < 4.78 is 27.6. The van der Waals surface area contributed by atoms with E-state index in [-0.39, 0.29) is 34.4 Å². The summed E-state index contributed by atoms with van der Waals surface area (Å²) in [5, 5.41) is 10.9. The number of nitrogens with one attached hydrogen (secondary N) is 1. The molecule has 1 saturated heterocycles. The number of benzene rings is 1. The molecule has 13 heteroatoms. The van der Waals surface area contributed by atoms with Gasteiger partial charge < -0.3 is 10.6 Å². The summed E-state index contributed by atoms with van der Waals surface area (Å²) in [6.45, 7) is 0. The summed E-state index contributed by atoms with van der Waals surface area (Å²) >= 11 is 0. The van der Waals surface area contributed by atoms with Crippen LogP contribution < -0.4 is 5.73 Å². The van der Waals surface area contributed by atoms with E-state index < -0.39 is 9.84 Å². The third-order valence-electron chi connectivity index (χ3n) is 8.02. The Hall–Kier alpha value is -4.91. The standard InChI is InChI=1S/C29H27N9O3S/c1-42(40,41)25-24(19-9-10-20-11-12-21(14-19)37(20)29(39)27-32-16-33-36-27)35-28-22(15-34-38(28)26(25)30)17-5-7-18(8-6-17)23-4-2-3-13-31-23/h2-8,11,13,15-16,19,21H,9-10,12,14,30H2,1H3,(H,32,33,36)/t19-,21?/m0/s1. The summed E-state index contributed by atoms with van der Waals surface area (Å²) in [5.74, 6) is -0.306. The molecule has 1 aromatic carbocycles. The summed E-state index contributed by atoms with van der Waals surface area (Å²) in [4.78, 5) is 28.4. The first-order valence-electron chi connectivity index (χ1n) is 13.6. The highest BCUT2D eigenvalue weighted by Gasteiger charge is 2.40. The number of carbonyl (C=O) groups excluding carboxylic acids is 1. The lowest BCUT2D eigenvalue weighted by molar-refractivity contribution is 0.0750. The van der Waals surface area contributed by atoms with Crippen molar-refractivity contribution in [3.63, 3.8) is 0 Å². The topological polar surface area (TPSA) is 165 Å². The Bertz CT molecular complexity index is 1950. The first-order valence-corrected chi connectivity index (χ1v) is 15.5. The minimum atomic E-state index is -3.76. The van der Waals surface area contributed by atoms with Crippen LogP contribution >= 0.6 is 0 Å². The van der Waals surface area contributed by atoms with Crippen molar-refractivity contribution in [2.75, 3.05) is 12.0 Å². The number of anilines is 1. The first-order chi connectivity index (χ1) is 20.3. The molecule has 7 rings (SSSR count). The van der Waals surface area contributed by atoms with Crippen LogP contribution in [-0.2, 0) is 9.84 Å². The van der Waals surface area contributed by atoms with Gasteiger partial charge in [0.2, 0.25) is 5.82 Å². The van der Waals surface area contributed by atoms with Gasteiger partial charge in [-0.15, -0.1) is 0 Å². The zero-order valence-electron chi connectivity index (χ0n) is 22.7. The predicted octanol–water partition coefficient (Wildman–Crippen LogP) is 3.63. The number of nitrogen functional groups attached to an aromatic ring is 1. The average Bonchev–Trinajstić information content (AvgIpc) is 3.72. The molecule has 4 aromatic heterocycles. The molecule has 42 heavy (non-hydrogen) atoms. The van der Waals surface area contributed by atoms with E-state index in [4.69, 9.17) is 10.7 Å². The van der Waals surface area contributed by atoms with Crippen LogP contribution in [0.2, 0.25) is 0 Å². The first kappa shape index (κ1) is 26.0. The van der Waals surface area contributed by atoms with E-state index >= 15 is 0 Å². The van der Waals surface area contributed by atoms with Crippen molar-refractivity contribution < 1.29 is 13.2 Å². The van der Waals surface area contributed by atoms with Gasteiger partial charge in [0.05, 0.1) is 17.6 Å². The number of amides is 1. The Balaban J connectivity index is 1.30. The van der Waals surface area contributed by atoms with Crippen molar-refractivity contribution in [2.45, 2.75) is 42.5 Å². The number of H-pyrrole nitrogens is 1. The number of allylic oxidation sites excluding steroid dienone is 1. The smallest absolute Gasteiger partial charge is 0.295 e. The number of aromatic nitrogens is 7. The second-order valence-electron chi connectivity index (χ2n) is 10.6. The van der Waals surface area contributed by atoms with Gasteiger partial charge in [0.15, 0.2) is 15.5 Å². The van der Waals surface area contributed by atoms with Gasteiger partial charge in [-0.2, -0.15) is 14.7 Å². The van der Waals surface area contributed by atoms with Gasteiger partial charge in [-0.05, 0) is 43.4 Å². The van der Waals surface area contributed by atoms with Crippen LogP contribution in [0.5, 0.6) is 0 Å². The van der Waals surface area contributed by atoms with Crippen molar-refractivity contribution in [3.05, 3.63) is 84.5 Å². The van der Waals surface area contributed by atoms with Gasteiger partial charge in [0.25, 0.3) is 5.91 Å². The predicted molar refractivity (Wildman–Crippen MR) is 155 cm³/mol. The molecule has 0 spiro atoms. The summed E-state index contributed by atoms with van der Waals surface area (Å²) in [6.07, 6.45) is 10.3. The number of aromatic amines is 1. The molecule has 0 saturated carbocycles. The molecule has 12 nitrogen and oxygen atoms in total. The molecule has 2 atom stereocenters. The molecule has 212 valence electrons. The van der Waals surface area contributed by atoms with Crippen LogP contribution in [0.25, 0.3) is 28.0 Å². The molecule has 1 unspecified atom stereocenters. The lowest BCUT2D eigenvalue weighted by Gasteiger charge is -2.26. The quantitative estimate of drug-likeness (QED) is 0.315. The van der Waals surface area contributed by atoms with E-state index in [2.05, 4.69) is 31.3 Å². The highest BCUT2D eigenvalue weighted by Crippen LogP contribution is 2.43. The molecule has 3 N–H and O–H groups in total. The normalized spacial score (nSPS) is 18.7. The van der Waals surface area contributed by atoms with Crippen molar-refractivity contribution in [3.8, 4) is 22.4 Å². The maximum atomic E-state index is 13.3. The molecule has 6 heterocycles. The van der Waals surface area contributed by atoms with Crippen LogP contribution in [0.15, 0.2) is 77.9 Å². The maximum Gasteiger partial charge on any atom is 0.295 e. The zero-order chi connectivity index (χ0) is 29.0. The fourth-order valence-electron chi connectivity index (χ4n) is 6.10. The number of hydrogen-bond acceptors (Lipinski definition) is 9. The largest absolute Gasteiger partial charge is 0.382 e. The number of pyridine rings is 1. The monoisotopic (exact) mass is 581 g/mol. The number of hydrogen-bond donors (Lipinski definition) is 2. The molecule has 0 radical (unpaired) electrons. The van der Waals surface area contributed by atoms with E-state index in [9.17, 15) is 13.2 Å². The third kappa shape index (κ3) is 4.33. The van der Waals surface area contributed by atoms with Crippen LogP contribution in [0.3, 0.4) is 0 Å². The van der Waals surface area contributed by atoms with Gasteiger partial charge in [0.1, 0.15) is 17.0 Å². The van der Waals surface area contributed by atoms with E-state index in [0.717, 1.165) is 34.3 Å². The minimum absolute atomic E-state index is 0.0139. The number of carbonyl (C=O) groups is 1. The molecular weight excluding hydrogens is 554 g/mol. The lowest BCUT2D eigenvalue weighted by atomic mass is 9.90. The van der Waals surface area contributed by atoms with Crippen molar-refractivity contribution in [1.82, 2.24) is 39.7 Å². The molecule has 2 aliphatic rings. The van der Waals surface area contributed by atoms with Crippen LogP contribution in [0, 0.1) is 0 Å².